The first-order chi connectivity index (χ1) is 6.74. The molecular weight excluding hydrogens is 196 g/mol. The largest absolute Gasteiger partial charge is 0.304 e. The summed E-state index contributed by atoms with van der Waals surface area (Å²) in [7, 11) is 0. The van der Waals surface area contributed by atoms with Crippen molar-refractivity contribution in [2.24, 2.45) is 4.99 Å². The number of rotatable bonds is 1. The molecular formula is C10H12N2OS. The van der Waals surface area contributed by atoms with Crippen molar-refractivity contribution in [3.8, 4) is 0 Å². The van der Waals surface area contributed by atoms with E-state index in [1.54, 1.807) is 0 Å². The summed E-state index contributed by atoms with van der Waals surface area (Å²) in [6.07, 6.45) is 6.16. The number of hydrogen-bond acceptors (Lipinski definition) is 3. The third-order valence-corrected chi connectivity index (χ3v) is 3.04. The smallest absolute Gasteiger partial charge is 0.236 e. The van der Waals surface area contributed by atoms with E-state index in [0.29, 0.717) is 5.75 Å². The van der Waals surface area contributed by atoms with E-state index >= 15 is 0 Å². The fraction of sp³-hybridized carbons (Fsp3) is 0.400. The van der Waals surface area contributed by atoms with Gasteiger partial charge in [-0.05, 0) is 25.8 Å². The lowest BCUT2D eigenvalue weighted by atomic mass is 10.0. The molecule has 0 unspecified atom stereocenters. The summed E-state index contributed by atoms with van der Waals surface area (Å²) >= 11 is 1.47. The number of nitrogens with zero attached hydrogens (tertiary/aromatic N) is 1. The van der Waals surface area contributed by atoms with Gasteiger partial charge in [0.1, 0.15) is 0 Å². The van der Waals surface area contributed by atoms with E-state index in [4.69, 9.17) is 0 Å². The summed E-state index contributed by atoms with van der Waals surface area (Å²) < 4.78 is 0. The molecule has 1 saturated heterocycles. The molecule has 4 heteroatoms. The lowest BCUT2D eigenvalue weighted by molar-refractivity contribution is -0.116. The Morgan fingerprint density at radius 1 is 1.43 bits per heavy atom. The Kier molecular flexibility index (Phi) is 2.72. The number of carbonyl (C=O) groups is 1. The minimum Gasteiger partial charge on any atom is -0.304 e. The average molecular weight is 208 g/mol. The fourth-order valence-corrected chi connectivity index (χ4v) is 2.05. The lowest BCUT2D eigenvalue weighted by Gasteiger charge is -2.07. The third kappa shape index (κ3) is 2.26. The Bertz CT molecular complexity index is 355. The molecule has 0 aromatic heterocycles. The van der Waals surface area contributed by atoms with Crippen molar-refractivity contribution in [3.63, 3.8) is 0 Å². The molecule has 14 heavy (non-hydrogen) atoms. The SMILES string of the molecule is CC1=CC=C(N=C2NC(=O)CS2)CC1. The number of aliphatic imine (C=N–C) groups is 1. The van der Waals surface area contributed by atoms with Crippen LogP contribution in [0.3, 0.4) is 0 Å². The van der Waals surface area contributed by atoms with E-state index in [2.05, 4.69) is 23.3 Å². The molecule has 1 fully saturated rings. The predicted molar refractivity (Wildman–Crippen MR) is 59.1 cm³/mol. The van der Waals surface area contributed by atoms with E-state index in [9.17, 15) is 4.79 Å². The molecule has 1 heterocycles. The maximum atomic E-state index is 10.9. The van der Waals surface area contributed by atoms with Gasteiger partial charge in [0, 0.05) is 5.70 Å². The van der Waals surface area contributed by atoms with Gasteiger partial charge in [-0.2, -0.15) is 0 Å². The highest BCUT2D eigenvalue weighted by Crippen LogP contribution is 2.20. The van der Waals surface area contributed by atoms with Crippen LogP contribution in [0.15, 0.2) is 28.4 Å². The summed E-state index contributed by atoms with van der Waals surface area (Å²) in [4.78, 5) is 15.3. The maximum Gasteiger partial charge on any atom is 0.236 e. The number of hydrogen-bond donors (Lipinski definition) is 1. The Balaban J connectivity index is 2.07. The van der Waals surface area contributed by atoms with Gasteiger partial charge in [-0.15, -0.1) is 0 Å². The highest BCUT2D eigenvalue weighted by molar-refractivity contribution is 8.15. The second kappa shape index (κ2) is 4.00. The fourth-order valence-electron chi connectivity index (χ4n) is 1.34. The van der Waals surface area contributed by atoms with E-state index in [1.807, 2.05) is 6.08 Å². The van der Waals surface area contributed by atoms with Crippen LogP contribution in [0.25, 0.3) is 0 Å². The van der Waals surface area contributed by atoms with Gasteiger partial charge in [0.2, 0.25) is 5.91 Å². The molecule has 0 aromatic carbocycles. The van der Waals surface area contributed by atoms with Crippen molar-refractivity contribution in [2.75, 3.05) is 5.75 Å². The van der Waals surface area contributed by atoms with Crippen LogP contribution in [-0.2, 0) is 4.79 Å². The maximum absolute atomic E-state index is 10.9. The van der Waals surface area contributed by atoms with Gasteiger partial charge in [0.05, 0.1) is 5.75 Å². The molecule has 2 rings (SSSR count). The second-order valence-electron chi connectivity index (χ2n) is 3.42. The highest BCUT2D eigenvalue weighted by atomic mass is 32.2. The first-order valence-corrected chi connectivity index (χ1v) is 5.60. The summed E-state index contributed by atoms with van der Waals surface area (Å²) in [6, 6.07) is 0. The highest BCUT2D eigenvalue weighted by Gasteiger charge is 2.16. The van der Waals surface area contributed by atoms with Crippen LogP contribution >= 0.6 is 11.8 Å². The standard InChI is InChI=1S/C10H12N2OS/c1-7-2-4-8(5-3-7)11-10-12-9(13)6-14-10/h2,4H,3,5-6H2,1H3,(H,11,12,13). The van der Waals surface area contributed by atoms with E-state index in [-0.39, 0.29) is 5.91 Å². The Morgan fingerprint density at radius 2 is 2.29 bits per heavy atom. The molecule has 0 aromatic rings. The van der Waals surface area contributed by atoms with Crippen LogP contribution in [0.4, 0.5) is 0 Å². The molecule has 0 spiro atoms. The zero-order chi connectivity index (χ0) is 9.97. The Hall–Kier alpha value is -1.03. The van der Waals surface area contributed by atoms with Crippen LogP contribution in [0.1, 0.15) is 19.8 Å². The monoisotopic (exact) mass is 208 g/mol. The Labute approximate surface area is 87.4 Å². The van der Waals surface area contributed by atoms with Gasteiger partial charge in [0.25, 0.3) is 0 Å². The van der Waals surface area contributed by atoms with Crippen LogP contribution in [0, 0.1) is 0 Å². The molecule has 1 aliphatic carbocycles. The van der Waals surface area contributed by atoms with Crippen molar-refractivity contribution < 1.29 is 4.79 Å². The van der Waals surface area contributed by atoms with Crippen LogP contribution < -0.4 is 5.32 Å². The van der Waals surface area contributed by atoms with E-state index < -0.39 is 0 Å². The van der Waals surface area contributed by atoms with Crippen LogP contribution in [-0.4, -0.2) is 16.8 Å². The normalized spacial score (nSPS) is 24.6. The van der Waals surface area contributed by atoms with Crippen molar-refractivity contribution in [3.05, 3.63) is 23.4 Å². The molecule has 74 valence electrons. The molecule has 1 aliphatic heterocycles. The summed E-state index contributed by atoms with van der Waals surface area (Å²) in [5.74, 6) is 0.554. The molecule has 0 atom stereocenters. The summed E-state index contributed by atoms with van der Waals surface area (Å²) in [6.45, 7) is 2.12. The zero-order valence-electron chi connectivity index (χ0n) is 8.04. The molecule has 0 radical (unpaired) electrons. The van der Waals surface area contributed by atoms with Gasteiger partial charge >= 0.3 is 0 Å². The minimum atomic E-state index is 0.0527. The first kappa shape index (κ1) is 9.52. The van der Waals surface area contributed by atoms with Crippen molar-refractivity contribution in [1.82, 2.24) is 5.32 Å². The molecule has 0 bridgehead atoms. The third-order valence-electron chi connectivity index (χ3n) is 2.17. The van der Waals surface area contributed by atoms with Gasteiger partial charge in [0.15, 0.2) is 5.17 Å². The predicted octanol–water partition coefficient (Wildman–Crippen LogP) is 1.83. The van der Waals surface area contributed by atoms with Crippen molar-refractivity contribution >= 4 is 22.8 Å². The van der Waals surface area contributed by atoms with Crippen molar-refractivity contribution in [2.45, 2.75) is 19.8 Å². The quantitative estimate of drug-likeness (QED) is 0.714. The van der Waals surface area contributed by atoms with E-state index in [0.717, 1.165) is 23.7 Å². The molecule has 0 saturated carbocycles. The van der Waals surface area contributed by atoms with Gasteiger partial charge in [-0.1, -0.05) is 23.4 Å². The Morgan fingerprint density at radius 3 is 2.86 bits per heavy atom. The molecule has 1 N–H and O–H groups in total. The summed E-state index contributed by atoms with van der Waals surface area (Å²) in [5, 5.41) is 3.47. The van der Waals surface area contributed by atoms with Crippen molar-refractivity contribution in [1.29, 1.82) is 0 Å². The van der Waals surface area contributed by atoms with Crippen LogP contribution in [0.5, 0.6) is 0 Å². The zero-order valence-corrected chi connectivity index (χ0v) is 8.86. The molecule has 3 nitrogen and oxygen atoms in total. The first-order valence-electron chi connectivity index (χ1n) is 4.62. The number of carbonyl (C=O) groups excluding carboxylic acids is 1. The van der Waals surface area contributed by atoms with Gasteiger partial charge in [-0.25, -0.2) is 4.99 Å². The number of allylic oxidation sites excluding steroid dienone is 4. The average Bonchev–Trinajstić information content (AvgIpc) is 2.56. The van der Waals surface area contributed by atoms with Gasteiger partial charge in [-0.3, -0.25) is 4.79 Å². The molecule has 1 amide bonds. The summed E-state index contributed by atoms with van der Waals surface area (Å²) in [5.41, 5.74) is 2.44. The number of amidine groups is 1. The minimum absolute atomic E-state index is 0.0527. The van der Waals surface area contributed by atoms with Crippen LogP contribution in [0.2, 0.25) is 0 Å². The number of thioether (sulfide) groups is 1. The van der Waals surface area contributed by atoms with Gasteiger partial charge < -0.3 is 5.32 Å². The number of amides is 1. The van der Waals surface area contributed by atoms with E-state index in [1.165, 1.54) is 17.3 Å². The second-order valence-corrected chi connectivity index (χ2v) is 4.39. The molecule has 2 aliphatic rings. The topological polar surface area (TPSA) is 41.5 Å². The number of nitrogens with one attached hydrogen (secondary N) is 1. The lowest BCUT2D eigenvalue weighted by Crippen LogP contribution is -2.20.